The third-order valence-electron chi connectivity index (χ3n) is 2.85. The van der Waals surface area contributed by atoms with Gasteiger partial charge in [0, 0.05) is 24.7 Å². The van der Waals surface area contributed by atoms with E-state index in [0.29, 0.717) is 12.1 Å². The molecule has 0 unspecified atom stereocenters. The highest BCUT2D eigenvalue weighted by molar-refractivity contribution is 4.83. The van der Waals surface area contributed by atoms with Crippen molar-refractivity contribution in [3.05, 3.63) is 0 Å². The fraction of sp³-hybridized carbons (Fsp3) is 1.00. The number of nitrogens with zero attached hydrogens (tertiary/aromatic N) is 1. The molecular formula is C11H24N2. The van der Waals surface area contributed by atoms with Crippen molar-refractivity contribution in [3.63, 3.8) is 0 Å². The number of likely N-dealkylation sites (tertiary alicyclic amines) is 1. The molecule has 1 heterocycles. The highest BCUT2D eigenvalue weighted by Gasteiger charge is 2.25. The molecule has 78 valence electrons. The molecule has 13 heavy (non-hydrogen) atoms. The van der Waals surface area contributed by atoms with E-state index in [9.17, 15) is 0 Å². The van der Waals surface area contributed by atoms with Crippen molar-refractivity contribution in [1.82, 2.24) is 10.2 Å². The maximum atomic E-state index is 3.53. The average Bonchev–Trinajstić information content (AvgIpc) is 2.47. The van der Waals surface area contributed by atoms with E-state index in [-0.39, 0.29) is 0 Å². The standard InChI is InChI=1S/C11H24N2/c1-9(2)12-8-11-6-5-7-13(11)10(3)4/h9-12H,5-8H2,1-4H3/t11-/m1/s1. The number of hydrogen-bond acceptors (Lipinski definition) is 2. The Labute approximate surface area is 82.7 Å². The van der Waals surface area contributed by atoms with Crippen LogP contribution >= 0.6 is 0 Å². The summed E-state index contributed by atoms with van der Waals surface area (Å²) < 4.78 is 0. The summed E-state index contributed by atoms with van der Waals surface area (Å²) in [4.78, 5) is 2.62. The normalized spacial score (nSPS) is 24.9. The number of rotatable bonds is 4. The Bertz CT molecular complexity index is 143. The lowest BCUT2D eigenvalue weighted by Gasteiger charge is -2.29. The van der Waals surface area contributed by atoms with Gasteiger partial charge in [-0.1, -0.05) is 13.8 Å². The van der Waals surface area contributed by atoms with E-state index in [1.165, 1.54) is 19.4 Å². The van der Waals surface area contributed by atoms with Crippen LogP contribution in [0.3, 0.4) is 0 Å². The summed E-state index contributed by atoms with van der Waals surface area (Å²) in [5.41, 5.74) is 0. The first-order chi connectivity index (χ1) is 6.11. The fourth-order valence-corrected chi connectivity index (χ4v) is 2.13. The van der Waals surface area contributed by atoms with Crippen molar-refractivity contribution in [2.24, 2.45) is 0 Å². The van der Waals surface area contributed by atoms with Crippen molar-refractivity contribution >= 4 is 0 Å². The molecule has 0 aromatic heterocycles. The SMILES string of the molecule is CC(C)NC[C@H]1CCCN1C(C)C. The van der Waals surface area contributed by atoms with Gasteiger partial charge in [-0.3, -0.25) is 4.90 Å². The van der Waals surface area contributed by atoms with E-state index in [1.807, 2.05) is 0 Å². The zero-order valence-electron chi connectivity index (χ0n) is 9.51. The molecule has 1 aliphatic heterocycles. The predicted molar refractivity (Wildman–Crippen MR) is 58.0 cm³/mol. The van der Waals surface area contributed by atoms with Crippen LogP contribution in [0, 0.1) is 0 Å². The third kappa shape index (κ3) is 3.28. The lowest BCUT2D eigenvalue weighted by molar-refractivity contribution is 0.197. The van der Waals surface area contributed by atoms with E-state index in [0.717, 1.165) is 12.6 Å². The van der Waals surface area contributed by atoms with E-state index in [2.05, 4.69) is 37.9 Å². The molecule has 0 amide bonds. The molecule has 0 aromatic rings. The third-order valence-corrected chi connectivity index (χ3v) is 2.85. The van der Waals surface area contributed by atoms with Crippen molar-refractivity contribution in [1.29, 1.82) is 0 Å². The minimum atomic E-state index is 0.620. The van der Waals surface area contributed by atoms with Gasteiger partial charge in [-0.05, 0) is 33.2 Å². The maximum absolute atomic E-state index is 3.53. The molecule has 1 saturated heterocycles. The van der Waals surface area contributed by atoms with Gasteiger partial charge in [0.2, 0.25) is 0 Å². The molecule has 1 aliphatic rings. The van der Waals surface area contributed by atoms with Crippen LogP contribution in [-0.4, -0.2) is 36.1 Å². The van der Waals surface area contributed by atoms with E-state index in [4.69, 9.17) is 0 Å². The minimum Gasteiger partial charge on any atom is -0.313 e. The highest BCUT2D eigenvalue weighted by Crippen LogP contribution is 2.19. The van der Waals surface area contributed by atoms with Crippen LogP contribution in [-0.2, 0) is 0 Å². The Morgan fingerprint density at radius 2 is 2.00 bits per heavy atom. The van der Waals surface area contributed by atoms with E-state index >= 15 is 0 Å². The largest absolute Gasteiger partial charge is 0.313 e. The molecule has 2 heteroatoms. The van der Waals surface area contributed by atoms with Gasteiger partial charge in [0.15, 0.2) is 0 Å². The summed E-state index contributed by atoms with van der Waals surface area (Å²) in [7, 11) is 0. The average molecular weight is 184 g/mol. The van der Waals surface area contributed by atoms with Crippen LogP contribution in [0.4, 0.5) is 0 Å². The highest BCUT2D eigenvalue weighted by atomic mass is 15.2. The van der Waals surface area contributed by atoms with Crippen molar-refractivity contribution in [3.8, 4) is 0 Å². The Morgan fingerprint density at radius 3 is 2.54 bits per heavy atom. The van der Waals surface area contributed by atoms with Gasteiger partial charge in [-0.2, -0.15) is 0 Å². The van der Waals surface area contributed by atoms with Crippen LogP contribution in [0.1, 0.15) is 40.5 Å². The second kappa shape index (κ2) is 4.97. The summed E-state index contributed by atoms with van der Waals surface area (Å²) in [5, 5.41) is 3.53. The van der Waals surface area contributed by atoms with Gasteiger partial charge in [0.25, 0.3) is 0 Å². The molecule has 2 nitrogen and oxygen atoms in total. The fourth-order valence-electron chi connectivity index (χ4n) is 2.13. The topological polar surface area (TPSA) is 15.3 Å². The summed E-state index contributed by atoms with van der Waals surface area (Å²) in [6, 6.07) is 2.11. The first kappa shape index (κ1) is 11.0. The van der Waals surface area contributed by atoms with E-state index in [1.54, 1.807) is 0 Å². The van der Waals surface area contributed by atoms with Crippen LogP contribution in [0.2, 0.25) is 0 Å². The number of nitrogens with one attached hydrogen (secondary N) is 1. The summed E-state index contributed by atoms with van der Waals surface area (Å²) in [5.74, 6) is 0. The molecule has 1 atom stereocenters. The lowest BCUT2D eigenvalue weighted by atomic mass is 10.2. The Kier molecular flexibility index (Phi) is 4.20. The lowest BCUT2D eigenvalue weighted by Crippen LogP contribution is -2.43. The monoisotopic (exact) mass is 184 g/mol. The Balaban J connectivity index is 2.31. The van der Waals surface area contributed by atoms with Crippen molar-refractivity contribution in [2.75, 3.05) is 13.1 Å². The Hall–Kier alpha value is -0.0800. The molecule has 0 saturated carbocycles. The summed E-state index contributed by atoms with van der Waals surface area (Å²) >= 11 is 0. The van der Waals surface area contributed by atoms with Crippen LogP contribution < -0.4 is 5.32 Å². The smallest absolute Gasteiger partial charge is 0.0223 e. The molecule has 0 bridgehead atoms. The number of hydrogen-bond donors (Lipinski definition) is 1. The molecule has 0 radical (unpaired) electrons. The van der Waals surface area contributed by atoms with Crippen LogP contribution in [0.5, 0.6) is 0 Å². The van der Waals surface area contributed by atoms with Gasteiger partial charge >= 0.3 is 0 Å². The molecule has 0 spiro atoms. The summed E-state index contributed by atoms with van der Waals surface area (Å²) in [6.07, 6.45) is 2.75. The molecular weight excluding hydrogens is 160 g/mol. The van der Waals surface area contributed by atoms with Gasteiger partial charge in [-0.25, -0.2) is 0 Å². The predicted octanol–water partition coefficient (Wildman–Crippen LogP) is 1.86. The van der Waals surface area contributed by atoms with Gasteiger partial charge in [0.05, 0.1) is 0 Å². The van der Waals surface area contributed by atoms with Crippen molar-refractivity contribution < 1.29 is 0 Å². The molecule has 0 aromatic carbocycles. The van der Waals surface area contributed by atoms with E-state index < -0.39 is 0 Å². The van der Waals surface area contributed by atoms with Gasteiger partial charge < -0.3 is 5.32 Å². The Morgan fingerprint density at radius 1 is 1.31 bits per heavy atom. The molecule has 0 aliphatic carbocycles. The van der Waals surface area contributed by atoms with Crippen LogP contribution in [0.25, 0.3) is 0 Å². The summed E-state index contributed by atoms with van der Waals surface area (Å²) in [6.45, 7) is 11.5. The molecule has 1 fully saturated rings. The quantitative estimate of drug-likeness (QED) is 0.717. The zero-order chi connectivity index (χ0) is 9.84. The van der Waals surface area contributed by atoms with Gasteiger partial charge in [-0.15, -0.1) is 0 Å². The molecule has 1 N–H and O–H groups in total. The minimum absolute atomic E-state index is 0.620. The van der Waals surface area contributed by atoms with Gasteiger partial charge in [0.1, 0.15) is 0 Å². The maximum Gasteiger partial charge on any atom is 0.0223 e. The molecule has 1 rings (SSSR count). The zero-order valence-corrected chi connectivity index (χ0v) is 9.51. The second-order valence-electron chi connectivity index (χ2n) is 4.69. The first-order valence-corrected chi connectivity index (χ1v) is 5.60. The first-order valence-electron chi connectivity index (χ1n) is 5.60. The van der Waals surface area contributed by atoms with Crippen LogP contribution in [0.15, 0.2) is 0 Å². The van der Waals surface area contributed by atoms with Crippen molar-refractivity contribution in [2.45, 2.75) is 58.7 Å². The second-order valence-corrected chi connectivity index (χ2v) is 4.69.